The predicted octanol–water partition coefficient (Wildman–Crippen LogP) is 0.167. The number of aromatic nitrogens is 2. The third-order valence-corrected chi connectivity index (χ3v) is 3.82. The zero-order chi connectivity index (χ0) is 13.1. The largest absolute Gasteiger partial charge is 0.399 e. The number of nitrogens with zero attached hydrogens (tertiary/aromatic N) is 4. The molecule has 1 atom stereocenters. The van der Waals surface area contributed by atoms with Gasteiger partial charge in [-0.25, -0.2) is 0 Å². The SMILES string of the molecule is CCc1nnc(N2CC(=NOC)CC2C(N)=O)s1. The second kappa shape index (κ2) is 5.30. The molecular weight excluding hydrogens is 254 g/mol. The molecule has 7 nitrogen and oxygen atoms in total. The molecule has 0 aromatic carbocycles. The number of anilines is 1. The molecule has 2 N–H and O–H groups in total. The fourth-order valence-electron chi connectivity index (χ4n) is 1.86. The van der Waals surface area contributed by atoms with Gasteiger partial charge in [0.05, 0.1) is 12.3 Å². The molecule has 1 aliphatic heterocycles. The van der Waals surface area contributed by atoms with Gasteiger partial charge in [0, 0.05) is 6.42 Å². The summed E-state index contributed by atoms with van der Waals surface area (Å²) in [5.41, 5.74) is 6.19. The summed E-state index contributed by atoms with van der Waals surface area (Å²) >= 11 is 1.47. The molecule has 1 aromatic heterocycles. The lowest BCUT2D eigenvalue weighted by Crippen LogP contribution is -2.40. The Labute approximate surface area is 109 Å². The molecule has 8 heteroatoms. The van der Waals surface area contributed by atoms with Crippen LogP contribution in [0.1, 0.15) is 18.4 Å². The van der Waals surface area contributed by atoms with Gasteiger partial charge in [-0.3, -0.25) is 4.79 Å². The van der Waals surface area contributed by atoms with Crippen LogP contribution in [0.2, 0.25) is 0 Å². The number of nitrogens with two attached hydrogens (primary N) is 1. The van der Waals surface area contributed by atoms with Gasteiger partial charge in [-0.1, -0.05) is 23.4 Å². The van der Waals surface area contributed by atoms with E-state index in [0.29, 0.717) is 18.1 Å². The summed E-state index contributed by atoms with van der Waals surface area (Å²) in [5, 5.41) is 13.7. The fraction of sp³-hybridized carbons (Fsp3) is 0.600. The summed E-state index contributed by atoms with van der Waals surface area (Å²) in [7, 11) is 1.48. The molecule has 1 fully saturated rings. The molecule has 0 spiro atoms. The van der Waals surface area contributed by atoms with Crippen LogP contribution in [0, 0.1) is 0 Å². The van der Waals surface area contributed by atoms with Crippen LogP contribution in [0.4, 0.5) is 5.13 Å². The Morgan fingerprint density at radius 1 is 1.67 bits per heavy atom. The quantitative estimate of drug-likeness (QED) is 0.786. The number of primary amides is 1. The summed E-state index contributed by atoms with van der Waals surface area (Å²) < 4.78 is 0. The second-order valence-corrected chi connectivity index (χ2v) is 4.96. The van der Waals surface area contributed by atoms with Gasteiger partial charge in [0.25, 0.3) is 0 Å². The van der Waals surface area contributed by atoms with E-state index in [2.05, 4.69) is 15.4 Å². The minimum absolute atomic E-state index is 0.385. The molecule has 2 rings (SSSR count). The average Bonchev–Trinajstić information content (AvgIpc) is 2.94. The van der Waals surface area contributed by atoms with E-state index < -0.39 is 6.04 Å². The monoisotopic (exact) mass is 269 g/mol. The van der Waals surface area contributed by atoms with Crippen molar-refractivity contribution in [1.82, 2.24) is 10.2 Å². The molecule has 18 heavy (non-hydrogen) atoms. The number of carbonyl (C=O) groups excluding carboxylic acids is 1. The van der Waals surface area contributed by atoms with Crippen molar-refractivity contribution < 1.29 is 9.63 Å². The Kier molecular flexibility index (Phi) is 3.75. The molecule has 1 saturated heterocycles. The zero-order valence-electron chi connectivity index (χ0n) is 10.3. The van der Waals surface area contributed by atoms with Crippen molar-refractivity contribution in [2.75, 3.05) is 18.6 Å². The molecule has 1 unspecified atom stereocenters. The lowest BCUT2D eigenvalue weighted by Gasteiger charge is -2.19. The van der Waals surface area contributed by atoms with E-state index in [-0.39, 0.29) is 5.91 Å². The molecule has 1 aromatic rings. The minimum Gasteiger partial charge on any atom is -0.399 e. The first-order valence-corrected chi connectivity index (χ1v) is 6.44. The standard InChI is InChI=1S/C10H15N5O2S/c1-3-8-12-13-10(18-8)15-5-6(14-17-2)4-7(15)9(11)16/h7H,3-5H2,1-2H3,(H2,11,16). The number of amides is 1. The van der Waals surface area contributed by atoms with Gasteiger partial charge in [0.2, 0.25) is 11.0 Å². The third-order valence-electron chi connectivity index (χ3n) is 2.71. The Morgan fingerprint density at radius 3 is 3.00 bits per heavy atom. The fourth-order valence-corrected chi connectivity index (χ4v) is 2.69. The number of oxime groups is 1. The van der Waals surface area contributed by atoms with Gasteiger partial charge in [-0.05, 0) is 6.42 Å². The molecular formula is C10H15N5O2S. The van der Waals surface area contributed by atoms with E-state index in [1.165, 1.54) is 18.4 Å². The number of hydrogen-bond acceptors (Lipinski definition) is 7. The van der Waals surface area contributed by atoms with Crippen molar-refractivity contribution in [2.24, 2.45) is 10.9 Å². The van der Waals surface area contributed by atoms with E-state index in [9.17, 15) is 4.79 Å². The van der Waals surface area contributed by atoms with E-state index in [4.69, 9.17) is 10.6 Å². The van der Waals surface area contributed by atoms with Gasteiger partial charge >= 0.3 is 0 Å². The van der Waals surface area contributed by atoms with E-state index >= 15 is 0 Å². The second-order valence-electron chi connectivity index (χ2n) is 3.92. The Hall–Kier alpha value is -1.70. The smallest absolute Gasteiger partial charge is 0.240 e. The van der Waals surface area contributed by atoms with Crippen LogP contribution in [-0.2, 0) is 16.1 Å². The van der Waals surface area contributed by atoms with Crippen LogP contribution >= 0.6 is 11.3 Å². The lowest BCUT2D eigenvalue weighted by atomic mass is 10.2. The van der Waals surface area contributed by atoms with E-state index in [1.807, 2.05) is 11.8 Å². The van der Waals surface area contributed by atoms with Gasteiger partial charge < -0.3 is 15.5 Å². The van der Waals surface area contributed by atoms with Gasteiger partial charge in [0.1, 0.15) is 18.2 Å². The number of aryl methyl sites for hydroxylation is 1. The van der Waals surface area contributed by atoms with Crippen molar-refractivity contribution in [3.63, 3.8) is 0 Å². The summed E-state index contributed by atoms with van der Waals surface area (Å²) in [5.74, 6) is -0.385. The van der Waals surface area contributed by atoms with Crippen molar-refractivity contribution in [1.29, 1.82) is 0 Å². The molecule has 1 aliphatic rings. The van der Waals surface area contributed by atoms with Crippen LogP contribution in [0.15, 0.2) is 5.16 Å². The van der Waals surface area contributed by atoms with Gasteiger partial charge in [0.15, 0.2) is 0 Å². The third kappa shape index (κ3) is 2.42. The Balaban J connectivity index is 2.24. The molecule has 0 radical (unpaired) electrons. The minimum atomic E-state index is -0.420. The molecule has 0 bridgehead atoms. The Morgan fingerprint density at radius 2 is 2.44 bits per heavy atom. The highest BCUT2D eigenvalue weighted by atomic mass is 32.1. The highest BCUT2D eigenvalue weighted by Gasteiger charge is 2.35. The van der Waals surface area contributed by atoms with Crippen molar-refractivity contribution in [3.05, 3.63) is 5.01 Å². The molecule has 98 valence electrons. The summed E-state index contributed by atoms with van der Waals surface area (Å²) in [6.07, 6.45) is 1.30. The zero-order valence-corrected chi connectivity index (χ0v) is 11.1. The van der Waals surface area contributed by atoms with Crippen LogP contribution in [0.3, 0.4) is 0 Å². The van der Waals surface area contributed by atoms with Crippen molar-refractivity contribution >= 4 is 28.1 Å². The topological polar surface area (TPSA) is 93.7 Å². The summed E-state index contributed by atoms with van der Waals surface area (Å²) in [6.45, 7) is 2.51. The van der Waals surface area contributed by atoms with Gasteiger partial charge in [-0.15, -0.1) is 10.2 Å². The molecule has 1 amide bonds. The number of hydrogen-bond donors (Lipinski definition) is 1. The average molecular weight is 269 g/mol. The van der Waals surface area contributed by atoms with E-state index in [1.54, 1.807) is 0 Å². The number of rotatable bonds is 4. The van der Waals surface area contributed by atoms with Crippen molar-refractivity contribution in [3.8, 4) is 0 Å². The Bertz CT molecular complexity index is 473. The van der Waals surface area contributed by atoms with Gasteiger partial charge in [-0.2, -0.15) is 0 Å². The van der Waals surface area contributed by atoms with Crippen LogP contribution < -0.4 is 10.6 Å². The highest BCUT2D eigenvalue weighted by molar-refractivity contribution is 7.15. The lowest BCUT2D eigenvalue weighted by molar-refractivity contribution is -0.118. The van der Waals surface area contributed by atoms with Crippen LogP contribution in [0.5, 0.6) is 0 Å². The molecule has 0 saturated carbocycles. The van der Waals surface area contributed by atoms with E-state index in [0.717, 1.165) is 17.1 Å². The maximum Gasteiger partial charge on any atom is 0.240 e. The normalized spacial score (nSPS) is 21.6. The first-order chi connectivity index (χ1) is 8.65. The molecule has 0 aliphatic carbocycles. The van der Waals surface area contributed by atoms with Crippen LogP contribution in [-0.4, -0.2) is 41.5 Å². The van der Waals surface area contributed by atoms with Crippen LogP contribution in [0.25, 0.3) is 0 Å². The summed E-state index contributed by atoms with van der Waals surface area (Å²) in [6, 6.07) is -0.420. The predicted molar refractivity (Wildman–Crippen MR) is 68.7 cm³/mol. The highest BCUT2D eigenvalue weighted by Crippen LogP contribution is 2.27. The maximum atomic E-state index is 11.5. The maximum absolute atomic E-state index is 11.5. The first kappa shape index (κ1) is 12.7. The first-order valence-electron chi connectivity index (χ1n) is 5.63. The molecule has 2 heterocycles. The van der Waals surface area contributed by atoms with Crippen molar-refractivity contribution in [2.45, 2.75) is 25.8 Å². The number of carbonyl (C=O) groups is 1. The summed E-state index contributed by atoms with van der Waals surface area (Å²) in [4.78, 5) is 18.0.